The number of aliphatic hydroxyl groups is 1. The molecule has 8 nitrogen and oxygen atoms in total. The minimum Gasteiger partial charge on any atom is -0.478 e. The second-order valence-electron chi connectivity index (χ2n) is 8.94. The number of hydrogen-bond donors (Lipinski definition) is 3. The van der Waals surface area contributed by atoms with Crippen LogP contribution in [0, 0.1) is 13.8 Å². The van der Waals surface area contributed by atoms with Crippen LogP contribution in [-0.4, -0.2) is 50.7 Å². The fourth-order valence-corrected chi connectivity index (χ4v) is 4.30. The minimum atomic E-state index is -1.24. The Hall–Kier alpha value is -4.34. The first-order valence-electron chi connectivity index (χ1n) is 13.1. The summed E-state index contributed by atoms with van der Waals surface area (Å²) in [5, 5.41) is 26.2. The van der Waals surface area contributed by atoms with Gasteiger partial charge >= 0.3 is 18.1 Å². The maximum absolute atomic E-state index is 11.7. The summed E-state index contributed by atoms with van der Waals surface area (Å²) in [5.41, 5.74) is 3.68. The second kappa shape index (κ2) is 20.5. The number of benzene rings is 3. The van der Waals surface area contributed by atoms with Gasteiger partial charge in [0.1, 0.15) is 13.2 Å². The number of rotatable bonds is 7. The standard InChI is InChI=1S/C13H16O3S.C8H8O3.C8H8O2.C4H6/c1-9-2-4-10(5-3-9)13(15)16-8-11-6-7-12(14)17-11;9-8(10)11-6-7-4-2-1-3-5-7;1-6-2-4-7(5-3-6)8(9)10;1-3-4-2/h2-5,11-12,14H,6-8H2,1H3;1-5H,6H2,(H,9,10);2-5H,1H3,(H,9,10);3-4H,1-2H2/t11-,12?;;;/m0.../s1. The molecule has 2 atom stereocenters. The molecule has 1 aliphatic rings. The predicted molar refractivity (Wildman–Crippen MR) is 166 cm³/mol. The lowest BCUT2D eigenvalue weighted by atomic mass is 10.1. The van der Waals surface area contributed by atoms with E-state index in [-0.39, 0.29) is 23.3 Å². The van der Waals surface area contributed by atoms with Crippen molar-refractivity contribution in [3.63, 3.8) is 0 Å². The molecule has 4 rings (SSSR count). The van der Waals surface area contributed by atoms with Gasteiger partial charge in [-0.25, -0.2) is 14.4 Å². The Morgan fingerprint density at radius 3 is 1.76 bits per heavy atom. The fraction of sp³-hybridized carbons (Fsp3) is 0.242. The highest BCUT2D eigenvalue weighted by Gasteiger charge is 2.24. The van der Waals surface area contributed by atoms with Gasteiger partial charge in [0, 0.05) is 5.25 Å². The molecule has 0 aliphatic carbocycles. The highest BCUT2D eigenvalue weighted by molar-refractivity contribution is 8.00. The van der Waals surface area contributed by atoms with Crippen molar-refractivity contribution >= 4 is 29.9 Å². The monoisotopic (exact) mass is 594 g/mol. The van der Waals surface area contributed by atoms with E-state index in [2.05, 4.69) is 17.9 Å². The van der Waals surface area contributed by atoms with Crippen LogP contribution in [0.5, 0.6) is 0 Å². The molecule has 1 aliphatic heterocycles. The molecule has 224 valence electrons. The number of carbonyl (C=O) groups excluding carboxylic acids is 1. The van der Waals surface area contributed by atoms with Crippen molar-refractivity contribution in [2.45, 2.75) is 44.0 Å². The largest absolute Gasteiger partial charge is 0.506 e. The number of esters is 1. The zero-order chi connectivity index (χ0) is 31.3. The Balaban J connectivity index is 0.000000308. The van der Waals surface area contributed by atoms with Gasteiger partial charge in [0.25, 0.3) is 0 Å². The molecular weight excluding hydrogens is 556 g/mol. The topological polar surface area (TPSA) is 130 Å². The summed E-state index contributed by atoms with van der Waals surface area (Å²) in [4.78, 5) is 32.0. The van der Waals surface area contributed by atoms with E-state index in [1.165, 1.54) is 11.8 Å². The number of aliphatic hydroxyl groups excluding tert-OH is 1. The summed E-state index contributed by atoms with van der Waals surface area (Å²) in [6, 6.07) is 23.2. The average molecular weight is 595 g/mol. The maximum Gasteiger partial charge on any atom is 0.506 e. The van der Waals surface area contributed by atoms with Gasteiger partial charge in [-0.3, -0.25) is 0 Å². The summed E-state index contributed by atoms with van der Waals surface area (Å²) < 4.78 is 9.57. The lowest BCUT2D eigenvalue weighted by Gasteiger charge is -2.10. The highest BCUT2D eigenvalue weighted by Crippen LogP contribution is 2.32. The molecule has 3 N–H and O–H groups in total. The first kappa shape index (κ1) is 35.7. The van der Waals surface area contributed by atoms with E-state index >= 15 is 0 Å². The van der Waals surface area contributed by atoms with Gasteiger partial charge in [0.2, 0.25) is 0 Å². The Morgan fingerprint density at radius 1 is 0.810 bits per heavy atom. The molecule has 0 amide bonds. The Morgan fingerprint density at radius 2 is 1.33 bits per heavy atom. The first-order chi connectivity index (χ1) is 20.0. The van der Waals surface area contributed by atoms with Crippen LogP contribution in [-0.2, 0) is 16.1 Å². The molecule has 0 aromatic heterocycles. The quantitative estimate of drug-likeness (QED) is 0.190. The van der Waals surface area contributed by atoms with Gasteiger partial charge in [0.15, 0.2) is 0 Å². The van der Waals surface area contributed by atoms with Gasteiger partial charge in [-0.05, 0) is 56.5 Å². The molecule has 0 saturated carbocycles. The van der Waals surface area contributed by atoms with Gasteiger partial charge < -0.3 is 24.8 Å². The number of carboxylic acids is 1. The van der Waals surface area contributed by atoms with Crippen molar-refractivity contribution in [1.29, 1.82) is 0 Å². The molecule has 1 unspecified atom stereocenters. The Kier molecular flexibility index (Phi) is 17.4. The SMILES string of the molecule is C=CC=C.Cc1ccc(C(=O)O)cc1.Cc1ccc(C(=O)OC[C@@H]2CCC(O)S2)cc1.O=C(O)OCc1ccccc1. The molecule has 3 aromatic rings. The van der Waals surface area contributed by atoms with Gasteiger partial charge in [-0.15, -0.1) is 11.8 Å². The summed E-state index contributed by atoms with van der Waals surface area (Å²) in [6.45, 7) is 11.1. The minimum absolute atomic E-state index is 0.121. The fourth-order valence-electron chi connectivity index (χ4n) is 3.17. The van der Waals surface area contributed by atoms with E-state index in [4.69, 9.17) is 14.9 Å². The van der Waals surface area contributed by atoms with Crippen molar-refractivity contribution in [2.24, 2.45) is 0 Å². The van der Waals surface area contributed by atoms with E-state index < -0.39 is 12.1 Å². The maximum atomic E-state index is 11.7. The van der Waals surface area contributed by atoms with E-state index in [0.717, 1.165) is 29.5 Å². The molecule has 1 saturated heterocycles. The summed E-state index contributed by atoms with van der Waals surface area (Å²) in [6.07, 6.45) is 3.73. The van der Waals surface area contributed by atoms with Crippen molar-refractivity contribution < 1.29 is 39.2 Å². The first-order valence-corrected chi connectivity index (χ1v) is 14.0. The van der Waals surface area contributed by atoms with Gasteiger partial charge in [0.05, 0.1) is 16.6 Å². The molecule has 0 bridgehead atoms. The van der Waals surface area contributed by atoms with Crippen LogP contribution in [0.3, 0.4) is 0 Å². The Labute approximate surface area is 251 Å². The van der Waals surface area contributed by atoms with Crippen LogP contribution < -0.4 is 0 Å². The number of hydrogen-bond acceptors (Lipinski definition) is 7. The average Bonchev–Trinajstić information content (AvgIpc) is 3.41. The van der Waals surface area contributed by atoms with E-state index in [1.54, 1.807) is 48.6 Å². The third-order valence-corrected chi connectivity index (χ3v) is 6.75. The van der Waals surface area contributed by atoms with Crippen LogP contribution in [0.4, 0.5) is 4.79 Å². The van der Waals surface area contributed by atoms with Crippen LogP contribution in [0.15, 0.2) is 104 Å². The third-order valence-electron chi connectivity index (χ3n) is 5.44. The molecular formula is C33H38O8S. The van der Waals surface area contributed by atoms with Crippen LogP contribution in [0.2, 0.25) is 0 Å². The smallest absolute Gasteiger partial charge is 0.478 e. The number of thioether (sulfide) groups is 1. The number of aromatic carboxylic acids is 1. The van der Waals surface area contributed by atoms with E-state index in [1.807, 2.05) is 56.3 Å². The molecule has 1 heterocycles. The summed E-state index contributed by atoms with van der Waals surface area (Å²) in [7, 11) is 0. The third kappa shape index (κ3) is 16.1. The normalized spacial score (nSPS) is 14.6. The van der Waals surface area contributed by atoms with E-state index in [9.17, 15) is 19.5 Å². The molecule has 9 heteroatoms. The number of ether oxygens (including phenoxy) is 2. The number of carboxylic acid groups (broad SMARTS) is 2. The van der Waals surface area contributed by atoms with Crippen molar-refractivity contribution in [3.8, 4) is 0 Å². The number of allylic oxidation sites excluding steroid dienone is 2. The van der Waals surface area contributed by atoms with Crippen molar-refractivity contribution in [1.82, 2.24) is 0 Å². The predicted octanol–water partition coefficient (Wildman–Crippen LogP) is 7.30. The lowest BCUT2D eigenvalue weighted by molar-refractivity contribution is 0.0505. The Bertz CT molecular complexity index is 1240. The molecule has 0 spiro atoms. The van der Waals surface area contributed by atoms with Crippen LogP contribution in [0.25, 0.3) is 0 Å². The van der Waals surface area contributed by atoms with Crippen molar-refractivity contribution in [3.05, 3.63) is 132 Å². The summed E-state index contributed by atoms with van der Waals surface area (Å²) >= 11 is 1.48. The number of carbonyl (C=O) groups is 3. The lowest BCUT2D eigenvalue weighted by Crippen LogP contribution is -2.14. The van der Waals surface area contributed by atoms with Crippen LogP contribution in [0.1, 0.15) is 50.2 Å². The second-order valence-corrected chi connectivity index (χ2v) is 10.4. The number of aryl methyl sites for hydroxylation is 2. The zero-order valence-electron chi connectivity index (χ0n) is 23.8. The molecule has 3 aromatic carbocycles. The highest BCUT2D eigenvalue weighted by atomic mass is 32.2. The molecule has 0 radical (unpaired) electrons. The molecule has 1 fully saturated rings. The van der Waals surface area contributed by atoms with Crippen molar-refractivity contribution in [2.75, 3.05) is 6.61 Å². The van der Waals surface area contributed by atoms with Crippen LogP contribution >= 0.6 is 11.8 Å². The van der Waals surface area contributed by atoms with Gasteiger partial charge in [-0.1, -0.05) is 91.0 Å². The van der Waals surface area contributed by atoms with Gasteiger partial charge in [-0.2, -0.15) is 0 Å². The zero-order valence-corrected chi connectivity index (χ0v) is 24.7. The molecule has 42 heavy (non-hydrogen) atoms. The summed E-state index contributed by atoms with van der Waals surface area (Å²) in [5.74, 6) is -1.16. The van der Waals surface area contributed by atoms with E-state index in [0.29, 0.717) is 17.7 Å².